The maximum absolute atomic E-state index is 12.0. The lowest BCUT2D eigenvalue weighted by atomic mass is 10.2. The molecule has 0 aliphatic carbocycles. The Morgan fingerprint density at radius 2 is 1.84 bits per heavy atom. The number of hydrogen-bond acceptors (Lipinski definition) is 4. The summed E-state index contributed by atoms with van der Waals surface area (Å²) >= 11 is 3.38. The average molecular weight is 406 g/mol. The summed E-state index contributed by atoms with van der Waals surface area (Å²) < 4.78 is 11.3. The highest BCUT2D eigenvalue weighted by Gasteiger charge is 2.18. The first-order valence-electron chi connectivity index (χ1n) is 7.81. The van der Waals surface area contributed by atoms with E-state index in [1.54, 1.807) is 19.1 Å². The van der Waals surface area contributed by atoms with Crippen LogP contribution >= 0.6 is 15.9 Å². The van der Waals surface area contributed by atoms with Crippen LogP contribution in [0.4, 0.5) is 5.69 Å². The minimum Gasteiger partial charge on any atom is -0.479 e. The number of carbonyl (C=O) groups excluding carboxylic acids is 2. The summed E-state index contributed by atoms with van der Waals surface area (Å²) in [6.07, 6.45) is -0.805. The third-order valence-electron chi connectivity index (χ3n) is 3.38. The lowest BCUT2D eigenvalue weighted by Crippen LogP contribution is -2.29. The van der Waals surface area contributed by atoms with E-state index in [2.05, 4.69) is 21.2 Å². The third kappa shape index (κ3) is 5.90. The van der Waals surface area contributed by atoms with Crippen LogP contribution in [0.15, 0.2) is 46.9 Å². The highest BCUT2D eigenvalue weighted by Crippen LogP contribution is 2.23. The molecule has 2 aromatic rings. The Labute approximate surface area is 155 Å². The molecular formula is C19H20BrNO4. The lowest BCUT2D eigenvalue weighted by Gasteiger charge is -2.14. The van der Waals surface area contributed by atoms with Crippen molar-refractivity contribution in [3.8, 4) is 5.75 Å². The summed E-state index contributed by atoms with van der Waals surface area (Å²) in [5.41, 5.74) is 2.72. The van der Waals surface area contributed by atoms with E-state index in [0.717, 1.165) is 15.6 Å². The molecule has 2 aromatic carbocycles. The molecule has 1 atom stereocenters. The Kier molecular flexibility index (Phi) is 6.58. The number of ether oxygens (including phenoxy) is 2. The molecule has 5 nitrogen and oxygen atoms in total. The van der Waals surface area contributed by atoms with Crippen molar-refractivity contribution in [3.63, 3.8) is 0 Å². The molecule has 0 aliphatic rings. The predicted octanol–water partition coefficient (Wildman–Crippen LogP) is 4.02. The quantitative estimate of drug-likeness (QED) is 0.737. The maximum Gasteiger partial charge on any atom is 0.347 e. The molecule has 0 aliphatic heterocycles. The molecule has 0 saturated heterocycles. The predicted molar refractivity (Wildman–Crippen MR) is 99.7 cm³/mol. The molecule has 0 unspecified atom stereocenters. The molecule has 0 bridgehead atoms. The van der Waals surface area contributed by atoms with Gasteiger partial charge in [-0.2, -0.15) is 0 Å². The van der Waals surface area contributed by atoms with E-state index >= 15 is 0 Å². The summed E-state index contributed by atoms with van der Waals surface area (Å²) in [7, 11) is 0. The Bertz CT molecular complexity index is 776. The third-order valence-corrected chi connectivity index (χ3v) is 4.03. The van der Waals surface area contributed by atoms with Crippen molar-refractivity contribution in [1.82, 2.24) is 0 Å². The van der Waals surface area contributed by atoms with Gasteiger partial charge in [0.25, 0.3) is 5.91 Å². The van der Waals surface area contributed by atoms with Gasteiger partial charge in [0.05, 0.1) is 5.69 Å². The smallest absolute Gasteiger partial charge is 0.347 e. The van der Waals surface area contributed by atoms with Gasteiger partial charge in [-0.25, -0.2) is 4.79 Å². The van der Waals surface area contributed by atoms with Crippen molar-refractivity contribution < 1.29 is 19.1 Å². The first-order valence-corrected chi connectivity index (χ1v) is 8.60. The topological polar surface area (TPSA) is 64.6 Å². The summed E-state index contributed by atoms with van der Waals surface area (Å²) in [4.78, 5) is 23.9. The van der Waals surface area contributed by atoms with Gasteiger partial charge in [-0.05, 0) is 72.1 Å². The van der Waals surface area contributed by atoms with Crippen molar-refractivity contribution in [2.45, 2.75) is 26.9 Å². The van der Waals surface area contributed by atoms with E-state index in [0.29, 0.717) is 11.4 Å². The van der Waals surface area contributed by atoms with Crippen LogP contribution < -0.4 is 10.1 Å². The fourth-order valence-corrected chi connectivity index (χ4v) is 2.70. The molecule has 0 radical (unpaired) electrons. The number of rotatable bonds is 6. The fraction of sp³-hybridized carbons (Fsp3) is 0.263. The molecule has 25 heavy (non-hydrogen) atoms. The van der Waals surface area contributed by atoms with Gasteiger partial charge in [-0.3, -0.25) is 4.79 Å². The van der Waals surface area contributed by atoms with Crippen LogP contribution in [-0.2, 0) is 14.3 Å². The van der Waals surface area contributed by atoms with Crippen molar-refractivity contribution in [3.05, 3.63) is 58.1 Å². The molecule has 0 aromatic heterocycles. The highest BCUT2D eigenvalue weighted by molar-refractivity contribution is 9.10. The second-order valence-corrected chi connectivity index (χ2v) is 6.57. The SMILES string of the molecule is Cc1cccc(O[C@@H](C)C(=O)OCC(=O)Nc2ccc(C)cc2Br)c1. The summed E-state index contributed by atoms with van der Waals surface area (Å²) in [5.74, 6) is -0.433. The zero-order chi connectivity index (χ0) is 18.4. The van der Waals surface area contributed by atoms with Gasteiger partial charge < -0.3 is 14.8 Å². The van der Waals surface area contributed by atoms with Gasteiger partial charge in [0.15, 0.2) is 12.7 Å². The summed E-state index contributed by atoms with van der Waals surface area (Å²) in [6.45, 7) is 5.09. The minimum atomic E-state index is -0.805. The number of amides is 1. The lowest BCUT2D eigenvalue weighted by molar-refractivity contribution is -0.153. The van der Waals surface area contributed by atoms with Gasteiger partial charge in [0.2, 0.25) is 0 Å². The first-order chi connectivity index (χ1) is 11.8. The molecule has 0 fully saturated rings. The monoisotopic (exact) mass is 405 g/mol. The summed E-state index contributed by atoms with van der Waals surface area (Å²) in [5, 5.41) is 2.69. The summed E-state index contributed by atoms with van der Waals surface area (Å²) in [6, 6.07) is 12.9. The van der Waals surface area contributed by atoms with E-state index in [9.17, 15) is 9.59 Å². The number of anilines is 1. The van der Waals surface area contributed by atoms with Gasteiger partial charge in [-0.1, -0.05) is 18.2 Å². The number of benzene rings is 2. The number of halogens is 1. The van der Waals surface area contributed by atoms with Crippen LogP contribution in [0.25, 0.3) is 0 Å². The number of hydrogen-bond donors (Lipinski definition) is 1. The van der Waals surface area contributed by atoms with Crippen LogP contribution in [0.3, 0.4) is 0 Å². The first kappa shape index (κ1) is 19.0. The van der Waals surface area contributed by atoms with Crippen LogP contribution in [-0.4, -0.2) is 24.6 Å². The highest BCUT2D eigenvalue weighted by atomic mass is 79.9. The van der Waals surface area contributed by atoms with Crippen molar-refractivity contribution in [2.24, 2.45) is 0 Å². The fourth-order valence-electron chi connectivity index (χ4n) is 2.10. The number of aryl methyl sites for hydroxylation is 2. The van der Waals surface area contributed by atoms with Crippen LogP contribution in [0.1, 0.15) is 18.1 Å². The molecule has 0 saturated carbocycles. The number of esters is 1. The molecule has 1 amide bonds. The Morgan fingerprint density at radius 1 is 1.12 bits per heavy atom. The van der Waals surface area contributed by atoms with Crippen LogP contribution in [0, 0.1) is 13.8 Å². The number of nitrogens with one attached hydrogen (secondary N) is 1. The standard InChI is InChI=1S/C19H20BrNO4/c1-12-5-4-6-15(9-12)25-14(3)19(23)24-11-18(22)21-17-8-7-13(2)10-16(17)20/h4-10,14H,11H2,1-3H3,(H,21,22)/t14-/m0/s1. The average Bonchev–Trinajstić information content (AvgIpc) is 2.55. The van der Waals surface area contributed by atoms with E-state index in [4.69, 9.17) is 9.47 Å². The van der Waals surface area contributed by atoms with Gasteiger partial charge in [0, 0.05) is 4.47 Å². The Balaban J connectivity index is 1.83. The Hall–Kier alpha value is -2.34. The Morgan fingerprint density at radius 3 is 2.52 bits per heavy atom. The largest absolute Gasteiger partial charge is 0.479 e. The van der Waals surface area contributed by atoms with Crippen LogP contribution in [0.5, 0.6) is 5.75 Å². The molecule has 6 heteroatoms. The second kappa shape index (κ2) is 8.67. The molecule has 0 spiro atoms. The molecule has 1 N–H and O–H groups in total. The zero-order valence-electron chi connectivity index (χ0n) is 14.3. The van der Waals surface area contributed by atoms with Crippen molar-refractivity contribution in [2.75, 3.05) is 11.9 Å². The van der Waals surface area contributed by atoms with Gasteiger partial charge >= 0.3 is 5.97 Å². The van der Waals surface area contributed by atoms with E-state index < -0.39 is 18.0 Å². The minimum absolute atomic E-state index is 0.374. The van der Waals surface area contributed by atoms with Crippen molar-refractivity contribution in [1.29, 1.82) is 0 Å². The van der Waals surface area contributed by atoms with Crippen LogP contribution in [0.2, 0.25) is 0 Å². The maximum atomic E-state index is 12.0. The second-order valence-electron chi connectivity index (χ2n) is 5.72. The van der Waals surface area contributed by atoms with E-state index in [-0.39, 0.29) is 6.61 Å². The zero-order valence-corrected chi connectivity index (χ0v) is 15.9. The normalized spacial score (nSPS) is 11.5. The molecule has 0 heterocycles. The van der Waals surface area contributed by atoms with E-state index in [1.807, 2.05) is 44.2 Å². The molecular weight excluding hydrogens is 386 g/mol. The van der Waals surface area contributed by atoms with Gasteiger partial charge in [-0.15, -0.1) is 0 Å². The van der Waals surface area contributed by atoms with E-state index in [1.165, 1.54) is 0 Å². The van der Waals surface area contributed by atoms with Gasteiger partial charge in [0.1, 0.15) is 5.75 Å². The number of carbonyl (C=O) groups is 2. The molecule has 132 valence electrons. The van der Waals surface area contributed by atoms with Crippen molar-refractivity contribution >= 4 is 33.5 Å². The molecule has 2 rings (SSSR count).